The van der Waals surface area contributed by atoms with Gasteiger partial charge in [-0.25, -0.2) is 9.18 Å². The number of hydrogen-bond acceptors (Lipinski definition) is 4. The van der Waals surface area contributed by atoms with Gasteiger partial charge in [-0.1, -0.05) is 42.5 Å². The summed E-state index contributed by atoms with van der Waals surface area (Å²) in [5.74, 6) is -3.32. The van der Waals surface area contributed by atoms with Crippen LogP contribution in [-0.2, 0) is 10.5 Å². The van der Waals surface area contributed by atoms with Gasteiger partial charge in [0.25, 0.3) is 11.4 Å². The summed E-state index contributed by atoms with van der Waals surface area (Å²) in [5.41, 5.74) is -4.63. The highest BCUT2D eigenvalue weighted by molar-refractivity contribution is 6.15. The normalized spacial score (nSPS) is 13.1. The van der Waals surface area contributed by atoms with Gasteiger partial charge >= 0.3 is 5.97 Å². The summed E-state index contributed by atoms with van der Waals surface area (Å²) in [6.07, 6.45) is 0. The maximum Gasteiger partial charge on any atom is 0.354 e. The second-order valence-corrected chi connectivity index (χ2v) is 4.47. The van der Waals surface area contributed by atoms with Crippen LogP contribution in [0.2, 0.25) is 0 Å². The Labute approximate surface area is 124 Å². The monoisotopic (exact) mass is 303 g/mol. The number of carbonyl (C=O) groups excluding carboxylic acids is 1. The van der Waals surface area contributed by atoms with Crippen LogP contribution < -0.4 is 0 Å². The fourth-order valence-electron chi connectivity index (χ4n) is 1.97. The molecule has 0 aliphatic carbocycles. The number of aliphatic carboxylic acids is 1. The molecule has 0 amide bonds. The molecule has 0 saturated carbocycles. The van der Waals surface area contributed by atoms with Crippen molar-refractivity contribution in [2.45, 2.75) is 5.67 Å². The van der Waals surface area contributed by atoms with Gasteiger partial charge in [-0.15, -0.1) is 0 Å². The molecule has 2 aromatic carbocycles. The van der Waals surface area contributed by atoms with Crippen molar-refractivity contribution in [2.24, 2.45) is 0 Å². The number of carboxylic acids is 1. The number of hydrogen-bond donors (Lipinski definition) is 1. The number of nitro groups is 1. The van der Waals surface area contributed by atoms with Crippen molar-refractivity contribution >= 4 is 17.4 Å². The average Bonchev–Trinajstić information content (AvgIpc) is 2.54. The zero-order valence-corrected chi connectivity index (χ0v) is 11.1. The number of carbonyl (C=O) groups is 2. The maximum atomic E-state index is 15.0. The van der Waals surface area contributed by atoms with Crippen LogP contribution in [0, 0.1) is 10.1 Å². The largest absolute Gasteiger partial charge is 0.478 e. The Morgan fingerprint density at radius 1 is 1.09 bits per heavy atom. The summed E-state index contributed by atoms with van der Waals surface area (Å²) < 4.78 is 15.0. The number of ketones is 1. The summed E-state index contributed by atoms with van der Waals surface area (Å²) in [7, 11) is 0. The molecule has 112 valence electrons. The lowest BCUT2D eigenvalue weighted by Gasteiger charge is -2.19. The first-order chi connectivity index (χ1) is 10.4. The Balaban J connectivity index is 2.58. The van der Waals surface area contributed by atoms with E-state index in [0.29, 0.717) is 0 Å². The molecule has 0 saturated heterocycles. The molecule has 0 aliphatic rings. The van der Waals surface area contributed by atoms with E-state index in [1.807, 2.05) is 0 Å². The Hall–Kier alpha value is -3.09. The quantitative estimate of drug-likeness (QED) is 0.396. The number of nitro benzene ring substituents is 1. The number of Topliss-reactive ketones (excluding diaryl/α,β-unsaturated/α-hetero) is 1. The molecule has 1 N–H and O–H groups in total. The summed E-state index contributed by atoms with van der Waals surface area (Å²) in [6.45, 7) is 0. The van der Waals surface area contributed by atoms with E-state index in [-0.39, 0.29) is 5.56 Å². The van der Waals surface area contributed by atoms with Gasteiger partial charge in [-0.3, -0.25) is 14.9 Å². The molecule has 0 spiro atoms. The minimum atomic E-state index is -3.40. The van der Waals surface area contributed by atoms with Gasteiger partial charge in [0.1, 0.15) is 0 Å². The summed E-state index contributed by atoms with van der Waals surface area (Å²) in [6, 6.07) is 11.0. The van der Waals surface area contributed by atoms with Crippen LogP contribution in [-0.4, -0.2) is 21.8 Å². The number of rotatable bonds is 5. The van der Waals surface area contributed by atoms with Crippen molar-refractivity contribution in [1.82, 2.24) is 0 Å². The summed E-state index contributed by atoms with van der Waals surface area (Å²) >= 11 is 0. The van der Waals surface area contributed by atoms with E-state index in [2.05, 4.69) is 0 Å². The Bertz CT molecular complexity index is 747. The van der Waals surface area contributed by atoms with Crippen molar-refractivity contribution in [3.05, 3.63) is 75.8 Å². The lowest BCUT2D eigenvalue weighted by Crippen LogP contribution is -2.39. The fraction of sp³-hybridized carbons (Fsp3) is 0.0667. The predicted molar refractivity (Wildman–Crippen MR) is 74.3 cm³/mol. The van der Waals surface area contributed by atoms with Crippen LogP contribution >= 0.6 is 0 Å². The highest BCUT2D eigenvalue weighted by Crippen LogP contribution is 2.32. The van der Waals surface area contributed by atoms with E-state index in [4.69, 9.17) is 0 Å². The smallest absolute Gasteiger partial charge is 0.354 e. The molecule has 1 atom stereocenters. The Kier molecular flexibility index (Phi) is 3.98. The molecule has 6 nitrogen and oxygen atoms in total. The zero-order valence-electron chi connectivity index (χ0n) is 11.1. The molecule has 22 heavy (non-hydrogen) atoms. The molecule has 0 aromatic heterocycles. The highest BCUT2D eigenvalue weighted by Gasteiger charge is 2.49. The van der Waals surface area contributed by atoms with E-state index in [1.165, 1.54) is 24.3 Å². The van der Waals surface area contributed by atoms with Crippen LogP contribution in [0.3, 0.4) is 0 Å². The Morgan fingerprint density at radius 2 is 1.73 bits per heavy atom. The van der Waals surface area contributed by atoms with Crippen molar-refractivity contribution in [3.8, 4) is 0 Å². The van der Waals surface area contributed by atoms with Crippen molar-refractivity contribution in [2.75, 3.05) is 0 Å². The molecule has 7 heteroatoms. The van der Waals surface area contributed by atoms with E-state index < -0.39 is 33.6 Å². The first-order valence-electron chi connectivity index (χ1n) is 6.14. The number of benzene rings is 2. The van der Waals surface area contributed by atoms with Crippen molar-refractivity contribution in [3.63, 3.8) is 0 Å². The average molecular weight is 303 g/mol. The van der Waals surface area contributed by atoms with Crippen LogP contribution in [0.1, 0.15) is 15.9 Å². The van der Waals surface area contributed by atoms with Crippen LogP contribution in [0.5, 0.6) is 0 Å². The maximum absolute atomic E-state index is 15.0. The first kappa shape index (κ1) is 15.3. The number of alkyl halides is 1. The molecular formula is C15H10FNO5. The second kappa shape index (κ2) is 5.72. The third kappa shape index (κ3) is 2.56. The standard InChI is InChI=1S/C15H10FNO5/c16-15(14(19)20,13(18)10-5-2-1-3-6-10)11-7-4-8-12(9-11)17(21)22/h1-9H,(H,19,20). The van der Waals surface area contributed by atoms with Gasteiger partial charge in [-0.05, 0) is 0 Å². The van der Waals surface area contributed by atoms with Gasteiger partial charge in [0, 0.05) is 23.3 Å². The highest BCUT2D eigenvalue weighted by atomic mass is 19.1. The van der Waals surface area contributed by atoms with Crippen molar-refractivity contribution in [1.29, 1.82) is 0 Å². The molecule has 0 heterocycles. The van der Waals surface area contributed by atoms with Gasteiger partial charge in [0.05, 0.1) is 4.92 Å². The Morgan fingerprint density at radius 3 is 2.27 bits per heavy atom. The number of carboxylic acid groups (broad SMARTS) is 1. The van der Waals surface area contributed by atoms with Gasteiger partial charge < -0.3 is 5.11 Å². The lowest BCUT2D eigenvalue weighted by atomic mass is 9.87. The van der Waals surface area contributed by atoms with Crippen LogP contribution in [0.15, 0.2) is 54.6 Å². The van der Waals surface area contributed by atoms with E-state index in [9.17, 15) is 29.2 Å². The van der Waals surface area contributed by atoms with Gasteiger partial charge in [0.2, 0.25) is 5.78 Å². The third-order valence-corrected chi connectivity index (χ3v) is 3.10. The molecule has 0 radical (unpaired) electrons. The molecule has 0 fully saturated rings. The molecule has 1 unspecified atom stereocenters. The molecule has 2 aromatic rings. The van der Waals surface area contributed by atoms with Crippen molar-refractivity contribution < 1.29 is 24.0 Å². The minimum Gasteiger partial charge on any atom is -0.478 e. The molecule has 2 rings (SSSR count). The first-order valence-corrected chi connectivity index (χ1v) is 6.14. The molecule has 0 bridgehead atoms. The van der Waals surface area contributed by atoms with Crippen LogP contribution in [0.4, 0.5) is 10.1 Å². The minimum absolute atomic E-state index is 0.140. The molecule has 0 aliphatic heterocycles. The topological polar surface area (TPSA) is 97.5 Å². The lowest BCUT2D eigenvalue weighted by molar-refractivity contribution is -0.385. The second-order valence-electron chi connectivity index (χ2n) is 4.47. The zero-order chi connectivity index (χ0) is 16.3. The number of nitrogens with zero attached hydrogens (tertiary/aromatic N) is 1. The summed E-state index contributed by atoms with van der Waals surface area (Å²) in [4.78, 5) is 33.6. The fourth-order valence-corrected chi connectivity index (χ4v) is 1.97. The van der Waals surface area contributed by atoms with E-state index in [0.717, 1.165) is 24.3 Å². The van der Waals surface area contributed by atoms with Gasteiger partial charge in [-0.2, -0.15) is 0 Å². The van der Waals surface area contributed by atoms with Crippen LogP contribution in [0.25, 0.3) is 0 Å². The van der Waals surface area contributed by atoms with Gasteiger partial charge in [0.15, 0.2) is 0 Å². The predicted octanol–water partition coefficient (Wildman–Crippen LogP) is 2.73. The SMILES string of the molecule is O=C(O)C(F)(C(=O)c1ccccc1)c1cccc([N+](=O)[O-])c1. The van der Waals surface area contributed by atoms with E-state index in [1.54, 1.807) is 6.07 Å². The number of halogens is 1. The molecular weight excluding hydrogens is 293 g/mol. The number of non-ortho nitro benzene ring substituents is 1. The summed E-state index contributed by atoms with van der Waals surface area (Å²) in [5, 5.41) is 19.9. The third-order valence-electron chi connectivity index (χ3n) is 3.10. The van der Waals surface area contributed by atoms with E-state index >= 15 is 0 Å².